The van der Waals surface area contributed by atoms with Crippen LogP contribution >= 0.6 is 31.9 Å². The fourth-order valence-corrected chi connectivity index (χ4v) is 5.09. The molecule has 4 bridgehead atoms. The summed E-state index contributed by atoms with van der Waals surface area (Å²) in [6.07, 6.45) is 2.58. The van der Waals surface area contributed by atoms with Gasteiger partial charge in [0.25, 0.3) is 0 Å². The van der Waals surface area contributed by atoms with Gasteiger partial charge in [-0.15, -0.1) is 0 Å². The molecule has 4 aliphatic rings. The minimum Gasteiger partial charge on any atom is -0.0953 e. The van der Waals surface area contributed by atoms with Crippen LogP contribution in [0.4, 0.5) is 0 Å². The van der Waals surface area contributed by atoms with E-state index < -0.39 is 0 Å². The maximum atomic E-state index is 4.20. The summed E-state index contributed by atoms with van der Waals surface area (Å²) in [5.74, 6) is 3.25. The van der Waals surface area contributed by atoms with Gasteiger partial charge in [-0.25, -0.2) is 0 Å². The zero-order chi connectivity index (χ0) is 10.0. The van der Waals surface area contributed by atoms with E-state index in [1.807, 2.05) is 0 Å². The zero-order valence-corrected chi connectivity index (χ0v) is 11.2. The van der Waals surface area contributed by atoms with Crippen molar-refractivity contribution in [3.05, 3.63) is 24.3 Å². The quantitative estimate of drug-likeness (QED) is 0.594. The number of hydrogen-bond donors (Lipinski definition) is 0. The summed E-state index contributed by atoms with van der Waals surface area (Å²) < 4.78 is 0. The first-order chi connectivity index (χ1) is 6.61. The molecule has 0 amide bonds. The molecule has 0 aromatic rings. The summed E-state index contributed by atoms with van der Waals surface area (Å²) in [4.78, 5) is 1.28. The van der Waals surface area contributed by atoms with Crippen LogP contribution in [0.3, 0.4) is 0 Å². The molecular formula is C12H14Br2. The van der Waals surface area contributed by atoms with Gasteiger partial charge in [0.1, 0.15) is 0 Å². The molecule has 0 aliphatic heterocycles. The van der Waals surface area contributed by atoms with E-state index in [-0.39, 0.29) is 0 Å². The Morgan fingerprint density at radius 3 is 1.57 bits per heavy atom. The average Bonchev–Trinajstić information content (AvgIpc) is 2.37. The molecule has 0 aromatic heterocycles. The molecular weight excluding hydrogens is 304 g/mol. The summed E-state index contributed by atoms with van der Waals surface area (Å²) in [5.41, 5.74) is 2.73. The number of alkyl halides is 2. The molecule has 4 saturated carbocycles. The molecule has 0 saturated heterocycles. The van der Waals surface area contributed by atoms with Crippen molar-refractivity contribution in [2.45, 2.75) is 22.5 Å². The third-order valence-corrected chi connectivity index (χ3v) is 7.18. The number of halogens is 2. The average molecular weight is 318 g/mol. The van der Waals surface area contributed by atoms with Crippen molar-refractivity contribution in [2.24, 2.45) is 23.7 Å². The lowest BCUT2D eigenvalue weighted by Gasteiger charge is -2.42. The molecule has 4 fully saturated rings. The van der Waals surface area contributed by atoms with E-state index in [1.54, 1.807) is 0 Å². The first-order valence-electron chi connectivity index (χ1n) is 5.27. The third kappa shape index (κ3) is 0.996. The van der Waals surface area contributed by atoms with Crippen LogP contribution in [0.15, 0.2) is 24.3 Å². The Kier molecular flexibility index (Phi) is 2.05. The summed E-state index contributed by atoms with van der Waals surface area (Å²) >= 11 is 7.57. The molecule has 2 heteroatoms. The van der Waals surface area contributed by atoms with Gasteiger partial charge in [-0.3, -0.25) is 0 Å². The van der Waals surface area contributed by atoms with E-state index in [2.05, 4.69) is 45.0 Å². The molecule has 14 heavy (non-hydrogen) atoms. The van der Waals surface area contributed by atoms with Crippen molar-refractivity contribution in [1.29, 1.82) is 0 Å². The lowest BCUT2D eigenvalue weighted by Crippen LogP contribution is -2.38. The van der Waals surface area contributed by atoms with Crippen molar-refractivity contribution >= 4 is 31.9 Å². The van der Waals surface area contributed by atoms with E-state index in [9.17, 15) is 0 Å². The first kappa shape index (κ1) is 9.65. The Bertz CT molecular complexity index is 280. The van der Waals surface area contributed by atoms with E-state index in [0.717, 1.165) is 23.7 Å². The predicted molar refractivity (Wildman–Crippen MR) is 66.9 cm³/mol. The number of fused-ring (bicyclic) bond motifs is 1. The van der Waals surface area contributed by atoms with Gasteiger partial charge in [0.05, 0.1) is 0 Å². The van der Waals surface area contributed by atoms with E-state index in [0.29, 0.717) is 9.65 Å². The van der Waals surface area contributed by atoms with E-state index >= 15 is 0 Å². The van der Waals surface area contributed by atoms with Gasteiger partial charge in [-0.05, 0) is 47.7 Å². The Hall–Kier alpha value is 0.440. The van der Waals surface area contributed by atoms with Crippen LogP contribution in [0, 0.1) is 23.7 Å². The van der Waals surface area contributed by atoms with Gasteiger partial charge >= 0.3 is 0 Å². The summed E-state index contributed by atoms with van der Waals surface area (Å²) in [6.45, 7) is 8.40. The summed E-state index contributed by atoms with van der Waals surface area (Å²) in [6, 6.07) is 0. The topological polar surface area (TPSA) is 0 Å². The second kappa shape index (κ2) is 2.98. The largest absolute Gasteiger partial charge is 0.0953 e. The number of hydrogen-bond acceptors (Lipinski definition) is 0. The van der Waals surface area contributed by atoms with Crippen LogP contribution < -0.4 is 0 Å². The van der Waals surface area contributed by atoms with Crippen LogP contribution in [0.1, 0.15) is 12.8 Å². The molecule has 0 N–H and O–H groups in total. The van der Waals surface area contributed by atoms with Crippen molar-refractivity contribution in [3.63, 3.8) is 0 Å². The highest BCUT2D eigenvalue weighted by molar-refractivity contribution is 9.12. The maximum Gasteiger partial charge on any atom is 0.0274 e. The van der Waals surface area contributed by atoms with Crippen LogP contribution in [0.5, 0.6) is 0 Å². The molecule has 4 aliphatic carbocycles. The molecule has 0 unspecified atom stereocenters. The highest BCUT2D eigenvalue weighted by Gasteiger charge is 2.61. The molecule has 0 nitrogen and oxygen atoms in total. The van der Waals surface area contributed by atoms with Gasteiger partial charge in [0.15, 0.2) is 0 Å². The van der Waals surface area contributed by atoms with Crippen molar-refractivity contribution in [3.8, 4) is 0 Å². The number of allylic oxidation sites excluding steroid dienone is 2. The van der Waals surface area contributed by atoms with Crippen molar-refractivity contribution in [2.75, 3.05) is 0 Å². The highest BCUT2D eigenvalue weighted by atomic mass is 79.9. The minimum absolute atomic E-state index is 0.642. The second-order valence-corrected chi connectivity index (χ2v) is 7.29. The first-order valence-corrected chi connectivity index (χ1v) is 7.10. The minimum atomic E-state index is 0.642. The Morgan fingerprint density at radius 1 is 0.857 bits per heavy atom. The molecule has 0 radical (unpaired) electrons. The lowest BCUT2D eigenvalue weighted by atomic mass is 9.62. The van der Waals surface area contributed by atoms with Crippen molar-refractivity contribution in [1.82, 2.24) is 0 Å². The molecule has 76 valence electrons. The smallest absolute Gasteiger partial charge is 0.0274 e. The third-order valence-electron chi connectivity index (χ3n) is 4.45. The molecule has 4 rings (SSSR count). The number of rotatable bonds is 0. The van der Waals surface area contributed by atoms with Crippen LogP contribution in [0.25, 0.3) is 0 Å². The fourth-order valence-electron chi connectivity index (χ4n) is 3.80. The van der Waals surface area contributed by atoms with E-state index in [4.69, 9.17) is 0 Å². The second-order valence-electron chi connectivity index (χ2n) is 4.93. The van der Waals surface area contributed by atoms with Gasteiger partial charge in [-0.1, -0.05) is 45.0 Å². The molecule has 2 atom stereocenters. The van der Waals surface area contributed by atoms with Crippen LogP contribution in [-0.2, 0) is 0 Å². The zero-order valence-electron chi connectivity index (χ0n) is 8.05. The predicted octanol–water partition coefficient (Wildman–Crippen LogP) is 3.91. The SMILES string of the molecule is C=C1C(=C)C2C3C[C@@H](Br)[C@H](Br)CC2C13. The Morgan fingerprint density at radius 2 is 1.21 bits per heavy atom. The monoisotopic (exact) mass is 316 g/mol. The molecule has 0 spiro atoms. The van der Waals surface area contributed by atoms with Gasteiger partial charge < -0.3 is 0 Å². The summed E-state index contributed by atoms with van der Waals surface area (Å²) in [5, 5.41) is 0. The fraction of sp³-hybridized carbons (Fsp3) is 0.667. The Balaban J connectivity index is 1.95. The molecule has 0 heterocycles. The molecule has 0 aromatic carbocycles. The lowest BCUT2D eigenvalue weighted by molar-refractivity contribution is 0.0808. The maximum absolute atomic E-state index is 4.20. The van der Waals surface area contributed by atoms with Crippen LogP contribution in [0.2, 0.25) is 0 Å². The van der Waals surface area contributed by atoms with Crippen molar-refractivity contribution < 1.29 is 0 Å². The van der Waals surface area contributed by atoms with Crippen LogP contribution in [-0.4, -0.2) is 9.65 Å². The van der Waals surface area contributed by atoms with Gasteiger partial charge in [-0.2, -0.15) is 0 Å². The van der Waals surface area contributed by atoms with Gasteiger partial charge in [0, 0.05) is 9.65 Å². The standard InChI is InChI=1S/C12H14Br2/c1-5-6(2)12-7-3-9(13)10(14)4-8(12)11(5)7/h7-12H,1-4H2/t7?,8?,9-,10-,11?,12?/m1/s1. The summed E-state index contributed by atoms with van der Waals surface area (Å²) in [7, 11) is 0. The van der Waals surface area contributed by atoms with Gasteiger partial charge in [0.2, 0.25) is 0 Å². The highest BCUT2D eigenvalue weighted by Crippen LogP contribution is 2.67. The Labute approximate surface area is 102 Å². The van der Waals surface area contributed by atoms with E-state index in [1.165, 1.54) is 24.0 Å². The normalized spacial score (nSPS) is 55.6.